The first-order chi connectivity index (χ1) is 10.6. The second-order valence-electron chi connectivity index (χ2n) is 5.10. The number of phenols is 1. The van der Waals surface area contributed by atoms with Gasteiger partial charge in [0.05, 0.1) is 17.8 Å². The lowest BCUT2D eigenvalue weighted by atomic mass is 10.0. The maximum atomic E-state index is 10.1. The van der Waals surface area contributed by atoms with Crippen LogP contribution in [0, 0.1) is 13.8 Å². The first kappa shape index (κ1) is 14.6. The molecule has 0 aliphatic heterocycles. The van der Waals surface area contributed by atoms with E-state index in [1.807, 2.05) is 37.3 Å². The van der Waals surface area contributed by atoms with Gasteiger partial charge >= 0.3 is 0 Å². The molecule has 0 radical (unpaired) electrons. The number of aromatic nitrogens is 1. The molecule has 1 heterocycles. The molecule has 0 spiro atoms. The highest BCUT2D eigenvalue weighted by molar-refractivity contribution is 7.11. The van der Waals surface area contributed by atoms with Gasteiger partial charge in [-0.15, -0.1) is 11.3 Å². The summed E-state index contributed by atoms with van der Waals surface area (Å²) >= 11 is 1.70. The van der Waals surface area contributed by atoms with Crippen LogP contribution in [-0.4, -0.2) is 17.2 Å². The first-order valence-corrected chi connectivity index (χ1v) is 7.82. The standard InChI is InChI=1S/C18H17NO2S/c1-11-18(19-12(2)22-11)14-6-4-13(5-7-14)16-10-15(21-3)8-9-17(16)20/h4-10,20H,1-3H3. The van der Waals surface area contributed by atoms with E-state index in [1.165, 1.54) is 4.88 Å². The van der Waals surface area contributed by atoms with Gasteiger partial charge in [-0.05, 0) is 37.6 Å². The van der Waals surface area contributed by atoms with Crippen LogP contribution in [0.2, 0.25) is 0 Å². The van der Waals surface area contributed by atoms with E-state index in [4.69, 9.17) is 4.74 Å². The van der Waals surface area contributed by atoms with Crippen LogP contribution in [-0.2, 0) is 0 Å². The molecular weight excluding hydrogens is 294 g/mol. The Labute approximate surface area is 133 Å². The summed E-state index contributed by atoms with van der Waals surface area (Å²) in [6.45, 7) is 4.10. The van der Waals surface area contributed by atoms with E-state index in [0.29, 0.717) is 0 Å². The SMILES string of the molecule is COc1ccc(O)c(-c2ccc(-c3nc(C)sc3C)cc2)c1. The molecule has 0 aliphatic rings. The van der Waals surface area contributed by atoms with Gasteiger partial charge in [0, 0.05) is 16.0 Å². The lowest BCUT2D eigenvalue weighted by Crippen LogP contribution is -1.86. The molecule has 0 saturated carbocycles. The molecule has 3 aromatic rings. The number of ether oxygens (including phenoxy) is 1. The summed E-state index contributed by atoms with van der Waals surface area (Å²) in [5.74, 6) is 0.970. The van der Waals surface area contributed by atoms with Crippen LogP contribution in [0.4, 0.5) is 0 Å². The molecule has 0 saturated heterocycles. The van der Waals surface area contributed by atoms with Gasteiger partial charge in [0.25, 0.3) is 0 Å². The van der Waals surface area contributed by atoms with Crippen molar-refractivity contribution in [1.29, 1.82) is 0 Å². The Bertz CT molecular complexity index is 806. The molecule has 0 atom stereocenters. The number of nitrogens with zero attached hydrogens (tertiary/aromatic N) is 1. The summed E-state index contributed by atoms with van der Waals surface area (Å²) in [6, 6.07) is 13.3. The molecule has 1 aromatic heterocycles. The Morgan fingerprint density at radius 1 is 1.00 bits per heavy atom. The molecule has 112 valence electrons. The number of aromatic hydroxyl groups is 1. The third kappa shape index (κ3) is 2.70. The predicted octanol–water partition coefficient (Wildman–Crippen LogP) is 4.81. The molecule has 0 aliphatic carbocycles. The Kier molecular flexibility index (Phi) is 3.86. The van der Waals surface area contributed by atoms with Crippen LogP contribution in [0.15, 0.2) is 42.5 Å². The van der Waals surface area contributed by atoms with Crippen molar-refractivity contribution in [3.05, 3.63) is 52.3 Å². The summed E-state index contributed by atoms with van der Waals surface area (Å²) in [5.41, 5.74) is 3.83. The van der Waals surface area contributed by atoms with E-state index in [1.54, 1.807) is 30.6 Å². The molecule has 3 rings (SSSR count). The molecule has 3 nitrogen and oxygen atoms in total. The number of phenolic OH excluding ortho intramolecular Hbond substituents is 1. The fourth-order valence-electron chi connectivity index (χ4n) is 2.48. The van der Waals surface area contributed by atoms with Gasteiger partial charge in [-0.2, -0.15) is 0 Å². The smallest absolute Gasteiger partial charge is 0.123 e. The third-order valence-corrected chi connectivity index (χ3v) is 4.46. The second kappa shape index (κ2) is 5.81. The van der Waals surface area contributed by atoms with Crippen LogP contribution in [0.25, 0.3) is 22.4 Å². The Morgan fingerprint density at radius 2 is 1.68 bits per heavy atom. The quantitative estimate of drug-likeness (QED) is 0.755. The van der Waals surface area contributed by atoms with Gasteiger partial charge in [0.1, 0.15) is 11.5 Å². The lowest BCUT2D eigenvalue weighted by Gasteiger charge is -2.08. The molecule has 0 fully saturated rings. The number of methoxy groups -OCH3 is 1. The van der Waals surface area contributed by atoms with Crippen LogP contribution in [0.1, 0.15) is 9.88 Å². The topological polar surface area (TPSA) is 42.4 Å². The van der Waals surface area contributed by atoms with Crippen LogP contribution in [0.3, 0.4) is 0 Å². The van der Waals surface area contributed by atoms with Gasteiger partial charge in [-0.1, -0.05) is 24.3 Å². The first-order valence-electron chi connectivity index (χ1n) is 7.00. The molecule has 0 unspecified atom stereocenters. The molecule has 1 N–H and O–H groups in total. The van der Waals surface area contributed by atoms with Crippen LogP contribution < -0.4 is 4.74 Å². The fraction of sp³-hybridized carbons (Fsp3) is 0.167. The highest BCUT2D eigenvalue weighted by Gasteiger charge is 2.10. The minimum absolute atomic E-state index is 0.245. The van der Waals surface area contributed by atoms with Gasteiger partial charge in [-0.25, -0.2) is 4.98 Å². The normalized spacial score (nSPS) is 10.7. The summed E-state index contributed by atoms with van der Waals surface area (Å²) in [5, 5.41) is 11.1. The molecule has 0 amide bonds. The summed E-state index contributed by atoms with van der Waals surface area (Å²) in [6.07, 6.45) is 0. The van der Waals surface area contributed by atoms with E-state index >= 15 is 0 Å². The predicted molar refractivity (Wildman–Crippen MR) is 90.7 cm³/mol. The number of thiazole rings is 1. The van der Waals surface area contributed by atoms with E-state index in [-0.39, 0.29) is 5.75 Å². The van der Waals surface area contributed by atoms with Crippen molar-refractivity contribution in [3.63, 3.8) is 0 Å². The number of benzene rings is 2. The van der Waals surface area contributed by atoms with E-state index in [9.17, 15) is 5.11 Å². The highest BCUT2D eigenvalue weighted by Crippen LogP contribution is 2.34. The Morgan fingerprint density at radius 3 is 2.27 bits per heavy atom. The molecule has 4 heteroatoms. The summed E-state index contributed by atoms with van der Waals surface area (Å²) < 4.78 is 5.22. The largest absolute Gasteiger partial charge is 0.507 e. The van der Waals surface area contributed by atoms with Crippen molar-refractivity contribution in [3.8, 4) is 33.9 Å². The van der Waals surface area contributed by atoms with E-state index < -0.39 is 0 Å². The lowest BCUT2D eigenvalue weighted by molar-refractivity contribution is 0.412. The maximum Gasteiger partial charge on any atom is 0.123 e. The summed E-state index contributed by atoms with van der Waals surface area (Å²) in [4.78, 5) is 5.79. The zero-order valence-corrected chi connectivity index (χ0v) is 13.6. The summed E-state index contributed by atoms with van der Waals surface area (Å²) in [7, 11) is 1.62. The van der Waals surface area contributed by atoms with E-state index in [0.717, 1.165) is 33.1 Å². The van der Waals surface area contributed by atoms with Crippen molar-refractivity contribution >= 4 is 11.3 Å². The number of hydrogen-bond donors (Lipinski definition) is 1. The van der Waals surface area contributed by atoms with Gasteiger partial charge in [0.15, 0.2) is 0 Å². The molecule has 0 bridgehead atoms. The van der Waals surface area contributed by atoms with Crippen LogP contribution in [0.5, 0.6) is 11.5 Å². The van der Waals surface area contributed by atoms with Crippen LogP contribution >= 0.6 is 11.3 Å². The fourth-order valence-corrected chi connectivity index (χ4v) is 3.32. The van der Waals surface area contributed by atoms with Crippen molar-refractivity contribution in [1.82, 2.24) is 4.98 Å². The van der Waals surface area contributed by atoms with E-state index in [2.05, 4.69) is 11.9 Å². The van der Waals surface area contributed by atoms with Crippen molar-refractivity contribution < 1.29 is 9.84 Å². The zero-order chi connectivity index (χ0) is 15.7. The number of hydrogen-bond acceptors (Lipinski definition) is 4. The monoisotopic (exact) mass is 311 g/mol. The minimum Gasteiger partial charge on any atom is -0.507 e. The maximum absolute atomic E-state index is 10.1. The van der Waals surface area contributed by atoms with Crippen molar-refractivity contribution in [2.75, 3.05) is 7.11 Å². The number of rotatable bonds is 3. The average Bonchev–Trinajstić information content (AvgIpc) is 2.87. The Balaban J connectivity index is 2.00. The third-order valence-electron chi connectivity index (χ3n) is 3.58. The molecule has 22 heavy (non-hydrogen) atoms. The highest BCUT2D eigenvalue weighted by atomic mass is 32.1. The van der Waals surface area contributed by atoms with Gasteiger partial charge < -0.3 is 9.84 Å². The zero-order valence-electron chi connectivity index (χ0n) is 12.8. The van der Waals surface area contributed by atoms with Gasteiger partial charge in [-0.3, -0.25) is 0 Å². The number of aryl methyl sites for hydroxylation is 2. The van der Waals surface area contributed by atoms with Crippen molar-refractivity contribution in [2.24, 2.45) is 0 Å². The molecule has 2 aromatic carbocycles. The Hall–Kier alpha value is -2.33. The average molecular weight is 311 g/mol. The molecular formula is C18H17NO2S. The second-order valence-corrected chi connectivity index (χ2v) is 6.51. The minimum atomic E-state index is 0.245. The van der Waals surface area contributed by atoms with Crippen molar-refractivity contribution in [2.45, 2.75) is 13.8 Å². The van der Waals surface area contributed by atoms with Gasteiger partial charge in [0.2, 0.25) is 0 Å².